The van der Waals surface area contributed by atoms with E-state index in [2.05, 4.69) is 40.7 Å². The number of hydrogen-bond acceptors (Lipinski definition) is 2. The van der Waals surface area contributed by atoms with Crippen molar-refractivity contribution in [3.05, 3.63) is 9.67 Å². The molecule has 0 aromatic heterocycles. The normalized spacial score (nSPS) is 16.8. The minimum absolute atomic E-state index is 0.0641. The quantitative estimate of drug-likeness (QED) is 0.172. The van der Waals surface area contributed by atoms with E-state index in [4.69, 9.17) is 4.74 Å². The summed E-state index contributed by atoms with van der Waals surface area (Å²) in [4.78, 5) is 12.1. The number of esters is 1. The summed E-state index contributed by atoms with van der Waals surface area (Å²) in [7, 11) is 0. The first-order valence-corrected chi connectivity index (χ1v) is 20.3. The molecule has 0 unspecified atom stereocenters. The van der Waals surface area contributed by atoms with Gasteiger partial charge in [-0.05, 0) is 0 Å². The van der Waals surface area contributed by atoms with Gasteiger partial charge in [-0.1, -0.05) is 0 Å². The van der Waals surface area contributed by atoms with E-state index in [1.165, 1.54) is 83.9 Å². The van der Waals surface area contributed by atoms with Crippen LogP contribution < -0.4 is 0 Å². The van der Waals surface area contributed by atoms with Crippen LogP contribution in [-0.2, 0) is 9.53 Å². The van der Waals surface area contributed by atoms with E-state index in [1.54, 1.807) is 0 Å². The van der Waals surface area contributed by atoms with Gasteiger partial charge in [0.15, 0.2) is 0 Å². The average Bonchev–Trinajstić information content (AvgIpc) is 2.72. The number of hydrogen-bond donors (Lipinski definition) is 0. The zero-order chi connectivity index (χ0) is 21.8. The third-order valence-corrected chi connectivity index (χ3v) is 23.1. The fourth-order valence-corrected chi connectivity index (χ4v) is 23.8. The second kappa shape index (κ2) is 14.1. The van der Waals surface area contributed by atoms with Crippen LogP contribution in [0.1, 0.15) is 119 Å². The summed E-state index contributed by atoms with van der Waals surface area (Å²) in [6.07, 6.45) is 18.0. The standard InChI is InChI=1S/C14H23O2.3C4H9.Sn/c1-4-13(15)16-14(2,3)11-10-12-8-6-5-7-9-12;3*1-3-4-2;/h11-12H,4-9H2,1-3H3;3*1,3-4H2,2H3;. The van der Waals surface area contributed by atoms with Gasteiger partial charge >= 0.3 is 187 Å². The first-order valence-electron chi connectivity index (χ1n) is 12.8. The molecular formula is C26H50O2Sn. The fraction of sp³-hybridized carbons (Fsp3) is 0.885. The summed E-state index contributed by atoms with van der Waals surface area (Å²) in [5.41, 5.74) is -0.466. The molecule has 29 heavy (non-hydrogen) atoms. The molecular weight excluding hydrogens is 463 g/mol. The molecule has 0 amide bonds. The van der Waals surface area contributed by atoms with Crippen molar-refractivity contribution < 1.29 is 9.53 Å². The van der Waals surface area contributed by atoms with E-state index in [-0.39, 0.29) is 5.97 Å². The van der Waals surface area contributed by atoms with Crippen molar-refractivity contribution in [3.8, 4) is 0 Å². The summed E-state index contributed by atoms with van der Waals surface area (Å²) in [5, 5.41) is 0. The van der Waals surface area contributed by atoms with Gasteiger partial charge in [0.25, 0.3) is 0 Å². The minimum atomic E-state index is -2.53. The molecule has 1 aliphatic carbocycles. The van der Waals surface area contributed by atoms with Gasteiger partial charge in [0.05, 0.1) is 0 Å². The Labute approximate surface area is 186 Å². The summed E-state index contributed by atoms with van der Waals surface area (Å²) >= 11 is -2.53. The van der Waals surface area contributed by atoms with E-state index >= 15 is 0 Å². The van der Waals surface area contributed by atoms with Gasteiger partial charge in [-0.2, -0.15) is 0 Å². The van der Waals surface area contributed by atoms with Gasteiger partial charge in [-0.15, -0.1) is 0 Å². The zero-order valence-corrected chi connectivity index (χ0v) is 23.4. The van der Waals surface area contributed by atoms with Crippen LogP contribution in [0.3, 0.4) is 0 Å². The fourth-order valence-electron chi connectivity index (χ4n) is 5.24. The molecule has 1 rings (SSSR count). The average molecular weight is 513 g/mol. The van der Waals surface area contributed by atoms with Gasteiger partial charge in [-0.25, -0.2) is 0 Å². The summed E-state index contributed by atoms with van der Waals surface area (Å²) in [6, 6.07) is 0. The van der Waals surface area contributed by atoms with Gasteiger partial charge < -0.3 is 0 Å². The van der Waals surface area contributed by atoms with Crippen molar-refractivity contribution in [2.24, 2.45) is 5.92 Å². The SMILES string of the molecule is CCC[CH2][Sn]([CH2]CCC)([CH2]CCC)/[C](=C/C(C)(C)OC(=O)CC)C1CCCCC1. The first kappa shape index (κ1) is 27.0. The van der Waals surface area contributed by atoms with Gasteiger partial charge in [-0.3, -0.25) is 0 Å². The van der Waals surface area contributed by atoms with E-state index < -0.39 is 24.0 Å². The van der Waals surface area contributed by atoms with Crippen molar-refractivity contribution in [3.63, 3.8) is 0 Å². The topological polar surface area (TPSA) is 26.3 Å². The van der Waals surface area contributed by atoms with Crippen LogP contribution in [0.4, 0.5) is 0 Å². The van der Waals surface area contributed by atoms with Crippen molar-refractivity contribution in [1.82, 2.24) is 0 Å². The molecule has 0 aromatic carbocycles. The zero-order valence-electron chi connectivity index (χ0n) is 20.6. The Morgan fingerprint density at radius 3 is 1.79 bits per heavy atom. The maximum atomic E-state index is 12.1. The molecule has 2 nitrogen and oxygen atoms in total. The number of allylic oxidation sites excluding steroid dienone is 1. The monoisotopic (exact) mass is 514 g/mol. The van der Waals surface area contributed by atoms with Crippen LogP contribution in [0.2, 0.25) is 13.3 Å². The maximum absolute atomic E-state index is 12.1. The second-order valence-corrected chi connectivity index (χ2v) is 23.2. The predicted octanol–water partition coefficient (Wildman–Crippen LogP) is 8.61. The molecule has 0 saturated heterocycles. The third kappa shape index (κ3) is 9.35. The summed E-state index contributed by atoms with van der Waals surface area (Å²) in [6.45, 7) is 13.2. The number of carbonyl (C=O) groups is 1. The Balaban J connectivity index is 3.41. The molecule has 0 spiro atoms. The summed E-state index contributed by atoms with van der Waals surface area (Å²) < 4.78 is 12.3. The number of rotatable bonds is 14. The molecule has 0 aromatic rings. The van der Waals surface area contributed by atoms with E-state index in [9.17, 15) is 4.79 Å². The van der Waals surface area contributed by atoms with E-state index in [0.717, 1.165) is 5.92 Å². The number of carbonyl (C=O) groups excluding carboxylic acids is 1. The molecule has 0 heterocycles. The van der Waals surface area contributed by atoms with Gasteiger partial charge in [0.2, 0.25) is 0 Å². The predicted molar refractivity (Wildman–Crippen MR) is 130 cm³/mol. The van der Waals surface area contributed by atoms with Crippen LogP contribution in [0.15, 0.2) is 9.67 Å². The Kier molecular flexibility index (Phi) is 13.2. The van der Waals surface area contributed by atoms with E-state index in [0.29, 0.717) is 6.42 Å². The second-order valence-electron chi connectivity index (χ2n) is 9.96. The van der Waals surface area contributed by atoms with Crippen LogP contribution in [0.25, 0.3) is 0 Å². The molecule has 1 aliphatic rings. The Bertz CT molecular complexity index is 467. The Morgan fingerprint density at radius 1 is 0.897 bits per heavy atom. The van der Waals surface area contributed by atoms with Crippen LogP contribution in [-0.4, -0.2) is 29.9 Å². The molecule has 1 fully saturated rings. The molecule has 0 radical (unpaired) electrons. The number of ether oxygens (including phenoxy) is 1. The van der Waals surface area contributed by atoms with Crippen molar-refractivity contribution in [2.75, 3.05) is 0 Å². The Morgan fingerprint density at radius 2 is 1.38 bits per heavy atom. The van der Waals surface area contributed by atoms with Gasteiger partial charge in [0.1, 0.15) is 0 Å². The van der Waals surface area contributed by atoms with Crippen LogP contribution in [0.5, 0.6) is 0 Å². The van der Waals surface area contributed by atoms with Crippen molar-refractivity contribution in [2.45, 2.75) is 138 Å². The van der Waals surface area contributed by atoms with Crippen LogP contribution >= 0.6 is 0 Å². The van der Waals surface area contributed by atoms with Gasteiger partial charge in [0, 0.05) is 0 Å². The van der Waals surface area contributed by atoms with E-state index in [1.807, 2.05) is 10.5 Å². The van der Waals surface area contributed by atoms with Crippen molar-refractivity contribution in [1.29, 1.82) is 0 Å². The van der Waals surface area contributed by atoms with Crippen molar-refractivity contribution >= 4 is 24.3 Å². The molecule has 0 aliphatic heterocycles. The molecule has 1 saturated carbocycles. The first-order chi connectivity index (χ1) is 13.8. The third-order valence-electron chi connectivity index (χ3n) is 6.85. The molecule has 170 valence electrons. The molecule has 3 heteroatoms. The summed E-state index contributed by atoms with van der Waals surface area (Å²) in [5.74, 6) is 0.704. The molecule has 0 atom stereocenters. The molecule has 0 bridgehead atoms. The Hall–Kier alpha value is 0.00870. The molecule has 0 N–H and O–H groups in total. The number of unbranched alkanes of at least 4 members (excludes halogenated alkanes) is 3. The van der Waals surface area contributed by atoms with Crippen LogP contribution in [0, 0.1) is 5.92 Å².